The number of benzene rings is 2. The average Bonchev–Trinajstić information content (AvgIpc) is 3.12. The van der Waals surface area contributed by atoms with Gasteiger partial charge in [-0.3, -0.25) is 0 Å². The summed E-state index contributed by atoms with van der Waals surface area (Å²) >= 11 is 0. The summed E-state index contributed by atoms with van der Waals surface area (Å²) < 4.78 is 5.77. The zero-order valence-electron chi connectivity index (χ0n) is 20.9. The van der Waals surface area contributed by atoms with Crippen molar-refractivity contribution < 1.29 is 4.74 Å². The van der Waals surface area contributed by atoms with Crippen molar-refractivity contribution >= 4 is 34.8 Å². The lowest BCUT2D eigenvalue weighted by Gasteiger charge is -2.27. The summed E-state index contributed by atoms with van der Waals surface area (Å²) in [4.78, 5) is 13.7. The van der Waals surface area contributed by atoms with Gasteiger partial charge in [0.15, 0.2) is 0 Å². The van der Waals surface area contributed by atoms with Crippen molar-refractivity contribution in [2.75, 3.05) is 75.3 Å². The van der Waals surface area contributed by atoms with E-state index < -0.39 is 0 Å². The number of hydrogen-bond donors (Lipinski definition) is 4. The maximum Gasteiger partial charge on any atom is 0.144 e. The van der Waals surface area contributed by atoms with Crippen LogP contribution < -0.4 is 25.6 Å². The van der Waals surface area contributed by atoms with Gasteiger partial charge in [-0.1, -0.05) is 12.1 Å². The van der Waals surface area contributed by atoms with Gasteiger partial charge in [-0.25, -0.2) is 9.97 Å². The van der Waals surface area contributed by atoms with Crippen molar-refractivity contribution in [2.24, 2.45) is 0 Å². The van der Waals surface area contributed by atoms with Crippen LogP contribution in [-0.4, -0.2) is 75.5 Å². The monoisotopic (exact) mass is 474 g/mol. The largest absolute Gasteiger partial charge is 0.494 e. The van der Waals surface area contributed by atoms with Gasteiger partial charge in [-0.2, -0.15) is 0 Å². The Labute approximate surface area is 207 Å². The molecule has 2 aromatic carbocycles. The van der Waals surface area contributed by atoms with E-state index in [1.807, 2.05) is 38.4 Å². The second-order valence-electron chi connectivity index (χ2n) is 8.57. The van der Waals surface area contributed by atoms with Gasteiger partial charge in [-0.05, 0) is 32.1 Å². The van der Waals surface area contributed by atoms with Gasteiger partial charge >= 0.3 is 0 Å². The summed E-state index contributed by atoms with van der Waals surface area (Å²) in [5.41, 5.74) is 6.42. The molecule has 0 radical (unpaired) electrons. The third kappa shape index (κ3) is 5.46. The van der Waals surface area contributed by atoms with Gasteiger partial charge in [0.25, 0.3) is 0 Å². The van der Waals surface area contributed by atoms with Crippen LogP contribution in [0, 0.1) is 5.41 Å². The van der Waals surface area contributed by atoms with Crippen LogP contribution in [0.25, 0.3) is 11.3 Å². The minimum atomic E-state index is 0.668. The second kappa shape index (κ2) is 11.1. The van der Waals surface area contributed by atoms with Gasteiger partial charge < -0.3 is 35.9 Å². The van der Waals surface area contributed by atoms with Crippen LogP contribution in [0.2, 0.25) is 0 Å². The first kappa shape index (κ1) is 24.3. The molecule has 0 atom stereocenters. The number of aromatic nitrogens is 2. The highest BCUT2D eigenvalue weighted by Crippen LogP contribution is 2.38. The van der Waals surface area contributed by atoms with Gasteiger partial charge in [0.1, 0.15) is 17.9 Å². The summed E-state index contributed by atoms with van der Waals surface area (Å²) in [7, 11) is 7.65. The normalized spacial score (nSPS) is 14.2. The lowest BCUT2D eigenvalue weighted by Crippen LogP contribution is -2.29. The predicted octanol–water partition coefficient (Wildman–Crippen LogP) is 4.12. The standard InChI is InChI=1S/C26H34N8O/c1-28-20-12-18(6-7-19(20)16-27)21-14-26(31-17-30-21)32-23-13-22(29-2)24(15-25(23)35-4)34-9-5-8-33(3)10-11-34/h6-7,12-17,27-29H,5,8-11H2,1-4H3,(H,30,31,32). The number of nitrogens with zero attached hydrogens (tertiary/aromatic N) is 4. The van der Waals surface area contributed by atoms with Gasteiger partial charge in [0, 0.05) is 68.9 Å². The van der Waals surface area contributed by atoms with E-state index in [9.17, 15) is 0 Å². The van der Waals surface area contributed by atoms with Crippen molar-refractivity contribution in [3.05, 3.63) is 48.3 Å². The summed E-state index contributed by atoms with van der Waals surface area (Å²) in [5.74, 6) is 1.42. The highest BCUT2D eigenvalue weighted by molar-refractivity contribution is 5.88. The minimum Gasteiger partial charge on any atom is -0.494 e. The van der Waals surface area contributed by atoms with Crippen LogP contribution >= 0.6 is 0 Å². The molecular formula is C26H34N8O. The Morgan fingerprint density at radius 3 is 2.51 bits per heavy atom. The van der Waals surface area contributed by atoms with Gasteiger partial charge in [0.05, 0.1) is 29.9 Å². The van der Waals surface area contributed by atoms with Crippen LogP contribution in [0.4, 0.5) is 28.6 Å². The van der Waals surface area contributed by atoms with E-state index in [1.54, 1.807) is 13.4 Å². The quantitative estimate of drug-likeness (QED) is 0.362. The van der Waals surface area contributed by atoms with E-state index in [2.05, 4.69) is 54.9 Å². The topological polar surface area (TPSA) is 101 Å². The Balaban J connectivity index is 1.63. The van der Waals surface area contributed by atoms with E-state index in [0.29, 0.717) is 5.82 Å². The minimum absolute atomic E-state index is 0.668. The number of rotatable bonds is 8. The molecule has 4 N–H and O–H groups in total. The number of methoxy groups -OCH3 is 1. The fourth-order valence-corrected chi connectivity index (χ4v) is 4.36. The SMILES string of the molecule is CNc1cc(-c2cc(Nc3cc(NC)c(N4CCCN(C)CC4)cc3OC)ncn2)ccc1C=N. The van der Waals surface area contributed by atoms with Crippen molar-refractivity contribution in [3.8, 4) is 17.0 Å². The molecule has 4 rings (SSSR count). The first-order chi connectivity index (χ1) is 17.1. The molecule has 0 amide bonds. The van der Waals surface area contributed by atoms with E-state index in [4.69, 9.17) is 10.1 Å². The Bertz CT molecular complexity index is 1180. The molecule has 0 unspecified atom stereocenters. The molecular weight excluding hydrogens is 440 g/mol. The third-order valence-corrected chi connectivity index (χ3v) is 6.35. The van der Waals surface area contributed by atoms with Gasteiger partial charge in [-0.15, -0.1) is 0 Å². The Morgan fingerprint density at radius 2 is 1.77 bits per heavy atom. The molecule has 1 saturated heterocycles. The van der Waals surface area contributed by atoms with Gasteiger partial charge in [0.2, 0.25) is 0 Å². The smallest absolute Gasteiger partial charge is 0.144 e. The van der Waals surface area contributed by atoms with Crippen molar-refractivity contribution in [2.45, 2.75) is 6.42 Å². The molecule has 1 aromatic heterocycles. The first-order valence-corrected chi connectivity index (χ1v) is 11.8. The van der Waals surface area contributed by atoms with Crippen molar-refractivity contribution in [1.82, 2.24) is 14.9 Å². The number of anilines is 5. The molecule has 1 aliphatic rings. The fourth-order valence-electron chi connectivity index (χ4n) is 4.36. The molecule has 0 aliphatic carbocycles. The van der Waals surface area contributed by atoms with Crippen LogP contribution in [0.15, 0.2) is 42.7 Å². The molecule has 1 aliphatic heterocycles. The van der Waals surface area contributed by atoms with Crippen LogP contribution in [-0.2, 0) is 0 Å². The maximum atomic E-state index is 7.57. The number of hydrogen-bond acceptors (Lipinski definition) is 9. The second-order valence-corrected chi connectivity index (χ2v) is 8.57. The lowest BCUT2D eigenvalue weighted by atomic mass is 10.1. The highest BCUT2D eigenvalue weighted by atomic mass is 16.5. The molecule has 1 fully saturated rings. The Hall–Kier alpha value is -3.85. The van der Waals surface area contributed by atoms with Crippen molar-refractivity contribution in [3.63, 3.8) is 0 Å². The summed E-state index contributed by atoms with van der Waals surface area (Å²) in [5, 5.41) is 17.5. The molecule has 0 spiro atoms. The lowest BCUT2D eigenvalue weighted by molar-refractivity contribution is 0.360. The molecule has 3 aromatic rings. The summed E-state index contributed by atoms with van der Waals surface area (Å²) in [6, 6.07) is 11.9. The molecule has 0 saturated carbocycles. The van der Waals surface area contributed by atoms with Crippen LogP contribution in [0.1, 0.15) is 12.0 Å². The Morgan fingerprint density at radius 1 is 0.943 bits per heavy atom. The highest BCUT2D eigenvalue weighted by Gasteiger charge is 2.19. The number of nitrogens with one attached hydrogen (secondary N) is 4. The zero-order valence-corrected chi connectivity index (χ0v) is 20.9. The molecule has 0 bridgehead atoms. The first-order valence-electron chi connectivity index (χ1n) is 11.8. The summed E-state index contributed by atoms with van der Waals surface area (Å²) in [6.45, 7) is 4.13. The summed E-state index contributed by atoms with van der Waals surface area (Å²) in [6.07, 6.45) is 4.01. The average molecular weight is 475 g/mol. The predicted molar refractivity (Wildman–Crippen MR) is 145 cm³/mol. The van der Waals surface area contributed by atoms with E-state index >= 15 is 0 Å². The maximum absolute atomic E-state index is 7.57. The fraction of sp³-hybridized carbons (Fsp3) is 0.346. The zero-order chi connectivity index (χ0) is 24.8. The molecule has 9 heteroatoms. The van der Waals surface area contributed by atoms with Crippen molar-refractivity contribution in [1.29, 1.82) is 5.41 Å². The number of ether oxygens (including phenoxy) is 1. The molecule has 184 valence electrons. The van der Waals surface area contributed by atoms with E-state index in [0.717, 1.165) is 77.9 Å². The Kier molecular flexibility index (Phi) is 7.67. The molecule has 35 heavy (non-hydrogen) atoms. The number of likely N-dealkylation sites (N-methyl/N-ethyl adjacent to an activating group) is 1. The third-order valence-electron chi connectivity index (χ3n) is 6.35. The van der Waals surface area contributed by atoms with Crippen LogP contribution in [0.3, 0.4) is 0 Å². The molecule has 9 nitrogen and oxygen atoms in total. The van der Waals surface area contributed by atoms with Crippen LogP contribution in [0.5, 0.6) is 5.75 Å². The van der Waals surface area contributed by atoms with E-state index in [-0.39, 0.29) is 0 Å². The molecule has 2 heterocycles. The van der Waals surface area contributed by atoms with E-state index in [1.165, 1.54) is 6.21 Å².